The van der Waals surface area contributed by atoms with Crippen molar-refractivity contribution < 1.29 is 18.0 Å². The highest BCUT2D eigenvalue weighted by Gasteiger charge is 2.20. The maximum absolute atomic E-state index is 12.5. The fraction of sp³-hybridized carbons (Fsp3) is 0.200. The van der Waals surface area contributed by atoms with E-state index >= 15 is 0 Å². The van der Waals surface area contributed by atoms with Crippen LogP contribution in [0.15, 0.2) is 65.0 Å². The van der Waals surface area contributed by atoms with Crippen LogP contribution in [-0.4, -0.2) is 52.0 Å². The first kappa shape index (κ1) is 26.0. The van der Waals surface area contributed by atoms with Crippen molar-refractivity contribution in [1.82, 2.24) is 25.3 Å². The van der Waals surface area contributed by atoms with Crippen molar-refractivity contribution in [3.05, 3.63) is 71.5 Å². The third-order valence-corrected chi connectivity index (χ3v) is 8.17. The summed E-state index contributed by atoms with van der Waals surface area (Å²) in [6.45, 7) is 4.64. The predicted molar refractivity (Wildman–Crippen MR) is 141 cm³/mol. The summed E-state index contributed by atoms with van der Waals surface area (Å²) in [7, 11) is -3.52. The average molecular weight is 537 g/mol. The van der Waals surface area contributed by atoms with Gasteiger partial charge in [-0.2, -0.15) is 0 Å². The van der Waals surface area contributed by atoms with Gasteiger partial charge in [-0.25, -0.2) is 28.4 Å². The van der Waals surface area contributed by atoms with Crippen molar-refractivity contribution in [2.24, 2.45) is 0 Å². The Bertz CT molecular complexity index is 1570. The molecule has 10 nitrogen and oxygen atoms in total. The van der Waals surface area contributed by atoms with Gasteiger partial charge >= 0.3 is 0 Å². The summed E-state index contributed by atoms with van der Waals surface area (Å²) in [6, 6.07) is 13.0. The molecule has 4 aromatic rings. The number of rotatable bonds is 8. The first-order valence-corrected chi connectivity index (χ1v) is 13.7. The monoisotopic (exact) mass is 536 g/mol. The summed E-state index contributed by atoms with van der Waals surface area (Å²) in [6.07, 6.45) is 1.67. The molecular formula is C25H24N6O4S2. The van der Waals surface area contributed by atoms with Crippen LogP contribution in [0.5, 0.6) is 0 Å². The molecule has 0 unspecified atom stereocenters. The third kappa shape index (κ3) is 6.22. The van der Waals surface area contributed by atoms with E-state index in [4.69, 9.17) is 0 Å². The first-order chi connectivity index (χ1) is 17.6. The highest BCUT2D eigenvalue weighted by Crippen LogP contribution is 2.25. The molecule has 0 spiro atoms. The van der Waals surface area contributed by atoms with Gasteiger partial charge in [-0.3, -0.25) is 9.59 Å². The molecule has 0 radical (unpaired) electrons. The zero-order valence-electron chi connectivity index (χ0n) is 20.3. The molecule has 0 atom stereocenters. The zero-order chi connectivity index (χ0) is 26.6. The highest BCUT2D eigenvalue weighted by atomic mass is 32.2. The Morgan fingerprint density at radius 2 is 1.65 bits per heavy atom. The minimum atomic E-state index is -3.52. The fourth-order valence-corrected chi connectivity index (χ4v) is 5.10. The molecule has 1 aromatic carbocycles. The molecule has 2 amide bonds. The van der Waals surface area contributed by atoms with Crippen LogP contribution >= 0.6 is 11.3 Å². The number of hydrogen-bond donors (Lipinski definition) is 2. The van der Waals surface area contributed by atoms with Gasteiger partial charge in [-0.05, 0) is 57.2 Å². The van der Waals surface area contributed by atoms with Crippen molar-refractivity contribution >= 4 is 38.1 Å². The fourth-order valence-electron chi connectivity index (χ4n) is 3.28. The first-order valence-electron chi connectivity index (χ1n) is 11.3. The molecule has 0 saturated carbocycles. The molecule has 0 aliphatic heterocycles. The smallest absolute Gasteiger partial charge is 0.251 e. The van der Waals surface area contributed by atoms with E-state index in [-0.39, 0.29) is 17.0 Å². The number of carbonyl (C=O) groups excluding carboxylic acids is 2. The molecule has 12 heteroatoms. The Hall–Kier alpha value is -4.03. The third-order valence-electron chi connectivity index (χ3n) is 5.26. The lowest BCUT2D eigenvalue weighted by Crippen LogP contribution is -2.33. The maximum atomic E-state index is 12.5. The van der Waals surface area contributed by atoms with Gasteiger partial charge in [0.15, 0.2) is 15.0 Å². The average Bonchev–Trinajstić information content (AvgIpc) is 3.35. The zero-order valence-corrected chi connectivity index (χ0v) is 21.9. The summed E-state index contributed by atoms with van der Waals surface area (Å²) in [4.78, 5) is 42.5. The number of nitrogens with one attached hydrogen (secondary N) is 2. The number of amides is 2. The molecule has 0 fully saturated rings. The molecule has 4 rings (SSSR count). The Morgan fingerprint density at radius 1 is 0.946 bits per heavy atom. The Balaban J connectivity index is 1.38. The van der Waals surface area contributed by atoms with Crippen molar-refractivity contribution in [3.8, 4) is 22.8 Å². The normalized spacial score (nSPS) is 11.4. The molecule has 3 aromatic heterocycles. The van der Waals surface area contributed by atoms with Crippen LogP contribution in [-0.2, 0) is 14.6 Å². The van der Waals surface area contributed by atoms with Gasteiger partial charge in [-0.1, -0.05) is 12.1 Å². The second-order valence-corrected chi connectivity index (χ2v) is 11.6. The molecular weight excluding hydrogens is 512 g/mol. The van der Waals surface area contributed by atoms with E-state index in [1.54, 1.807) is 38.4 Å². The van der Waals surface area contributed by atoms with Crippen LogP contribution in [0.25, 0.3) is 22.8 Å². The van der Waals surface area contributed by atoms with Gasteiger partial charge < -0.3 is 10.6 Å². The Kier molecular flexibility index (Phi) is 7.69. The maximum Gasteiger partial charge on any atom is 0.251 e. The minimum absolute atomic E-state index is 0.0578. The molecule has 2 N–H and O–H groups in total. The lowest BCUT2D eigenvalue weighted by Gasteiger charge is -2.10. The molecule has 0 bridgehead atoms. The van der Waals surface area contributed by atoms with E-state index in [1.165, 1.54) is 35.6 Å². The summed E-state index contributed by atoms with van der Waals surface area (Å²) in [5.74, 6) is -0.390. The number of benzene rings is 1. The SMILES string of the molecule is Cc1nccc(-c2cccc(-c3csc(NC(=O)CNC(=O)c4cccc(S(=O)(=O)C(C)C)c4)n3)n2)n1. The Morgan fingerprint density at radius 3 is 2.38 bits per heavy atom. The van der Waals surface area contributed by atoms with Gasteiger partial charge in [0.1, 0.15) is 11.5 Å². The largest absolute Gasteiger partial charge is 0.343 e. The molecule has 190 valence electrons. The number of thiazole rings is 1. The minimum Gasteiger partial charge on any atom is -0.343 e. The number of anilines is 1. The van der Waals surface area contributed by atoms with Crippen LogP contribution in [0, 0.1) is 6.92 Å². The number of carbonyl (C=O) groups is 2. The van der Waals surface area contributed by atoms with Crippen LogP contribution in [0.2, 0.25) is 0 Å². The number of pyridine rings is 1. The van der Waals surface area contributed by atoms with E-state index in [0.29, 0.717) is 33.7 Å². The van der Waals surface area contributed by atoms with E-state index in [2.05, 4.69) is 30.6 Å². The standard InChI is InChI=1S/C25H24N6O4S2/c1-15(2)37(34,35)18-7-4-6-17(12-18)24(33)27-13-23(32)31-25-30-22(14-36-25)20-9-5-8-19(29-20)21-10-11-26-16(3)28-21/h4-12,14-15H,13H2,1-3H3,(H,27,33)(H,30,31,32). The second kappa shape index (κ2) is 10.9. The topological polar surface area (TPSA) is 144 Å². The highest BCUT2D eigenvalue weighted by molar-refractivity contribution is 7.92. The number of aromatic nitrogens is 4. The van der Waals surface area contributed by atoms with Crippen LogP contribution in [0.4, 0.5) is 5.13 Å². The number of nitrogens with zero attached hydrogens (tertiary/aromatic N) is 4. The van der Waals surface area contributed by atoms with E-state index in [0.717, 1.165) is 0 Å². The quantitative estimate of drug-likeness (QED) is 0.348. The summed E-state index contributed by atoms with van der Waals surface area (Å²) < 4.78 is 24.7. The van der Waals surface area contributed by atoms with Crippen molar-refractivity contribution in [1.29, 1.82) is 0 Å². The second-order valence-electron chi connectivity index (χ2n) is 8.29. The number of aryl methyl sites for hydroxylation is 1. The lowest BCUT2D eigenvalue weighted by molar-refractivity contribution is -0.115. The molecule has 3 heterocycles. The summed E-state index contributed by atoms with van der Waals surface area (Å²) in [5.41, 5.74) is 2.72. The van der Waals surface area contributed by atoms with Gasteiger partial charge in [0.2, 0.25) is 5.91 Å². The lowest BCUT2D eigenvalue weighted by atomic mass is 10.2. The molecule has 0 aliphatic rings. The number of sulfone groups is 1. The molecule has 37 heavy (non-hydrogen) atoms. The van der Waals surface area contributed by atoms with Crippen LogP contribution in [0.3, 0.4) is 0 Å². The van der Waals surface area contributed by atoms with Crippen LogP contribution < -0.4 is 10.6 Å². The van der Waals surface area contributed by atoms with E-state index in [9.17, 15) is 18.0 Å². The van der Waals surface area contributed by atoms with Crippen molar-refractivity contribution in [2.45, 2.75) is 30.9 Å². The van der Waals surface area contributed by atoms with Crippen molar-refractivity contribution in [3.63, 3.8) is 0 Å². The van der Waals surface area contributed by atoms with Gasteiger partial charge in [0.25, 0.3) is 5.91 Å². The van der Waals surface area contributed by atoms with E-state index in [1.807, 2.05) is 18.2 Å². The molecule has 0 saturated heterocycles. The number of hydrogen-bond acceptors (Lipinski definition) is 9. The van der Waals surface area contributed by atoms with Crippen LogP contribution in [0.1, 0.15) is 30.0 Å². The molecule has 0 aliphatic carbocycles. The van der Waals surface area contributed by atoms with Gasteiger partial charge in [0.05, 0.1) is 33.8 Å². The summed E-state index contributed by atoms with van der Waals surface area (Å²) >= 11 is 1.23. The van der Waals surface area contributed by atoms with Gasteiger partial charge in [0, 0.05) is 17.1 Å². The van der Waals surface area contributed by atoms with E-state index < -0.39 is 26.9 Å². The summed E-state index contributed by atoms with van der Waals surface area (Å²) in [5, 5.41) is 6.66. The van der Waals surface area contributed by atoms with Crippen molar-refractivity contribution in [2.75, 3.05) is 11.9 Å². The Labute approximate surface area is 218 Å². The predicted octanol–water partition coefficient (Wildman–Crippen LogP) is 3.52. The van der Waals surface area contributed by atoms with Gasteiger partial charge in [-0.15, -0.1) is 11.3 Å².